The van der Waals surface area contributed by atoms with E-state index in [-0.39, 0.29) is 12.0 Å². The number of carbonyl (C=O) groups is 1. The molecule has 1 aromatic heterocycles. The first-order valence-corrected chi connectivity index (χ1v) is 10.0. The van der Waals surface area contributed by atoms with Crippen LogP contribution in [0.4, 0.5) is 4.79 Å². The number of aliphatic imine (C=N–C) groups is 1. The van der Waals surface area contributed by atoms with Gasteiger partial charge >= 0.3 is 6.09 Å². The minimum atomic E-state index is -0.617. The maximum Gasteiger partial charge on any atom is 0.415 e. The molecule has 152 valence electrons. The molecule has 1 N–H and O–H groups in total. The van der Waals surface area contributed by atoms with E-state index in [1.54, 1.807) is 11.1 Å². The summed E-state index contributed by atoms with van der Waals surface area (Å²) in [7, 11) is 0. The van der Waals surface area contributed by atoms with Crippen LogP contribution in [-0.4, -0.2) is 39.0 Å². The Morgan fingerprint density at radius 3 is 2.75 bits per heavy atom. The third-order valence-electron chi connectivity index (χ3n) is 5.20. The molecule has 0 aromatic carbocycles. The van der Waals surface area contributed by atoms with Crippen LogP contribution in [0.25, 0.3) is 0 Å². The third kappa shape index (κ3) is 4.43. The predicted molar refractivity (Wildman–Crippen MR) is 109 cm³/mol. The van der Waals surface area contributed by atoms with Crippen molar-refractivity contribution in [1.29, 1.82) is 0 Å². The molecular formula is C22H31N3O3. The molecule has 0 spiro atoms. The molecule has 2 aliphatic rings. The predicted octanol–water partition coefficient (Wildman–Crippen LogP) is 4.54. The number of rotatable bonds is 1. The summed E-state index contributed by atoms with van der Waals surface area (Å²) in [5.41, 5.74) is 2.78. The zero-order valence-corrected chi connectivity index (χ0v) is 17.5. The van der Waals surface area contributed by atoms with Crippen LogP contribution in [0.1, 0.15) is 70.7 Å². The number of amides is 1. The second-order valence-corrected chi connectivity index (χ2v) is 8.79. The number of hydrogen-bond donors (Lipinski definition) is 1. The number of aryl methyl sites for hydroxylation is 1. The lowest BCUT2D eigenvalue weighted by atomic mass is 9.88. The lowest BCUT2D eigenvalue weighted by Crippen LogP contribution is -2.45. The summed E-state index contributed by atoms with van der Waals surface area (Å²) in [5, 5.41) is 10.7. The topological polar surface area (TPSA) is 75.0 Å². The van der Waals surface area contributed by atoms with Gasteiger partial charge in [0.25, 0.3) is 0 Å². The highest BCUT2D eigenvalue weighted by Gasteiger charge is 2.41. The Morgan fingerprint density at radius 1 is 1.36 bits per heavy atom. The number of aromatic nitrogens is 1. The fourth-order valence-electron chi connectivity index (χ4n) is 3.92. The van der Waals surface area contributed by atoms with Crippen molar-refractivity contribution in [2.45, 2.75) is 78.0 Å². The number of piperidine rings is 1. The summed E-state index contributed by atoms with van der Waals surface area (Å²) in [6.07, 6.45) is 5.37. The maximum atomic E-state index is 13.3. The van der Waals surface area contributed by atoms with Crippen molar-refractivity contribution in [2.75, 3.05) is 0 Å². The van der Waals surface area contributed by atoms with Gasteiger partial charge in [-0.05, 0) is 52.2 Å². The molecule has 1 amide bonds. The van der Waals surface area contributed by atoms with Gasteiger partial charge in [-0.25, -0.2) is 4.79 Å². The van der Waals surface area contributed by atoms with Crippen molar-refractivity contribution in [3.63, 3.8) is 0 Å². The molecule has 3 heterocycles. The normalized spacial score (nSPS) is 28.4. The average Bonchev–Trinajstić information content (AvgIpc) is 2.60. The van der Waals surface area contributed by atoms with E-state index in [4.69, 9.17) is 4.74 Å². The van der Waals surface area contributed by atoms with Crippen molar-refractivity contribution >= 4 is 12.3 Å². The van der Waals surface area contributed by atoms with Gasteiger partial charge in [0.05, 0.1) is 23.5 Å². The first-order valence-electron chi connectivity index (χ1n) is 10.0. The number of ether oxygens (including phenoxy) is 1. The van der Waals surface area contributed by atoms with E-state index in [0.29, 0.717) is 12.8 Å². The number of carbonyl (C=O) groups excluding carboxylic acids is 1. The van der Waals surface area contributed by atoms with Gasteiger partial charge in [-0.2, -0.15) is 0 Å². The van der Waals surface area contributed by atoms with Gasteiger partial charge < -0.3 is 9.84 Å². The van der Waals surface area contributed by atoms with Crippen LogP contribution in [0.5, 0.6) is 0 Å². The van der Waals surface area contributed by atoms with Crippen LogP contribution < -0.4 is 0 Å². The molecule has 0 radical (unpaired) electrons. The second-order valence-electron chi connectivity index (χ2n) is 8.79. The van der Waals surface area contributed by atoms with Crippen molar-refractivity contribution in [1.82, 2.24) is 9.88 Å². The number of nitrogens with zero attached hydrogens (tertiary/aromatic N) is 3. The van der Waals surface area contributed by atoms with Gasteiger partial charge in [0.2, 0.25) is 0 Å². The first kappa shape index (κ1) is 20.5. The SMILES string of the molecule is Cc1cccnc1[C@@H]1C[C@H](O)CC(=C2N=CCCC2C)N1C(=O)OC(C)(C)C. The highest BCUT2D eigenvalue weighted by Crippen LogP contribution is 2.41. The zero-order chi connectivity index (χ0) is 20.5. The number of pyridine rings is 1. The molecule has 2 aliphatic heterocycles. The minimum Gasteiger partial charge on any atom is -0.443 e. The van der Waals surface area contributed by atoms with Crippen LogP contribution in [0.3, 0.4) is 0 Å². The fraction of sp³-hybridized carbons (Fsp3) is 0.591. The van der Waals surface area contributed by atoms with E-state index in [1.165, 1.54) is 0 Å². The van der Waals surface area contributed by atoms with Crippen LogP contribution >= 0.6 is 0 Å². The first-order chi connectivity index (χ1) is 13.2. The van der Waals surface area contributed by atoms with Gasteiger partial charge in [0.15, 0.2) is 0 Å². The van der Waals surface area contributed by atoms with E-state index in [0.717, 1.165) is 35.5 Å². The van der Waals surface area contributed by atoms with Crippen molar-refractivity contribution < 1.29 is 14.6 Å². The molecule has 1 saturated heterocycles. The van der Waals surface area contributed by atoms with Gasteiger partial charge in [-0.15, -0.1) is 0 Å². The fourth-order valence-corrected chi connectivity index (χ4v) is 3.92. The maximum absolute atomic E-state index is 13.3. The molecule has 0 bridgehead atoms. The van der Waals surface area contributed by atoms with Crippen molar-refractivity contribution in [2.24, 2.45) is 10.9 Å². The quantitative estimate of drug-likeness (QED) is 0.770. The second kappa shape index (κ2) is 8.03. The molecule has 0 saturated carbocycles. The number of aliphatic hydroxyl groups excluding tert-OH is 1. The highest BCUT2D eigenvalue weighted by atomic mass is 16.6. The molecule has 28 heavy (non-hydrogen) atoms. The van der Waals surface area contributed by atoms with Gasteiger partial charge in [-0.1, -0.05) is 13.0 Å². The zero-order valence-electron chi connectivity index (χ0n) is 17.5. The smallest absolute Gasteiger partial charge is 0.415 e. The summed E-state index contributed by atoms with van der Waals surface area (Å²) in [4.78, 5) is 24.1. The molecule has 6 nitrogen and oxygen atoms in total. The third-order valence-corrected chi connectivity index (χ3v) is 5.20. The van der Waals surface area contributed by atoms with E-state index in [1.807, 2.05) is 46.0 Å². The van der Waals surface area contributed by atoms with Crippen LogP contribution in [0.2, 0.25) is 0 Å². The lowest BCUT2D eigenvalue weighted by molar-refractivity contribution is 0.00466. The van der Waals surface area contributed by atoms with Gasteiger partial charge in [0.1, 0.15) is 5.60 Å². The van der Waals surface area contributed by atoms with Crippen LogP contribution in [0.15, 0.2) is 34.7 Å². The number of hydrogen-bond acceptors (Lipinski definition) is 5. The number of allylic oxidation sites excluding steroid dienone is 1. The molecule has 6 heteroatoms. The Balaban J connectivity index is 2.13. The number of aliphatic hydroxyl groups is 1. The summed E-state index contributed by atoms with van der Waals surface area (Å²) in [6, 6.07) is 3.47. The van der Waals surface area contributed by atoms with Crippen LogP contribution in [-0.2, 0) is 4.74 Å². The average molecular weight is 386 g/mol. The Morgan fingerprint density at radius 2 is 2.11 bits per heavy atom. The Bertz CT molecular complexity index is 794. The highest BCUT2D eigenvalue weighted by molar-refractivity contribution is 5.72. The molecule has 1 fully saturated rings. The molecule has 3 rings (SSSR count). The summed E-state index contributed by atoms with van der Waals surface area (Å²) in [6.45, 7) is 9.68. The van der Waals surface area contributed by atoms with E-state index in [2.05, 4.69) is 16.9 Å². The Hall–Kier alpha value is -2.21. The Labute approximate surface area is 167 Å². The van der Waals surface area contributed by atoms with E-state index in [9.17, 15) is 9.90 Å². The van der Waals surface area contributed by atoms with E-state index < -0.39 is 17.8 Å². The summed E-state index contributed by atoms with van der Waals surface area (Å²) < 4.78 is 5.75. The molecular weight excluding hydrogens is 354 g/mol. The summed E-state index contributed by atoms with van der Waals surface area (Å²) >= 11 is 0. The van der Waals surface area contributed by atoms with Crippen molar-refractivity contribution in [3.8, 4) is 0 Å². The van der Waals surface area contributed by atoms with Gasteiger partial charge in [-0.3, -0.25) is 14.9 Å². The van der Waals surface area contributed by atoms with Crippen molar-refractivity contribution in [3.05, 3.63) is 41.0 Å². The monoisotopic (exact) mass is 385 g/mol. The minimum absolute atomic E-state index is 0.223. The largest absolute Gasteiger partial charge is 0.443 e. The molecule has 1 unspecified atom stereocenters. The Kier molecular flexibility index (Phi) is 5.89. The number of likely N-dealkylation sites (tertiary alicyclic amines) is 1. The van der Waals surface area contributed by atoms with E-state index >= 15 is 0 Å². The van der Waals surface area contributed by atoms with Gasteiger partial charge in [0, 0.05) is 36.9 Å². The molecule has 1 aromatic rings. The van der Waals surface area contributed by atoms with Crippen LogP contribution in [0, 0.1) is 12.8 Å². The lowest BCUT2D eigenvalue weighted by Gasteiger charge is -2.41. The summed E-state index contributed by atoms with van der Waals surface area (Å²) in [5.74, 6) is 0.223. The standard InChI is InChI=1S/C22H31N3O3/c1-14-8-6-10-23-19(14)17-12-16(26)13-18(20-15(2)9-7-11-24-20)25(17)21(27)28-22(3,4)5/h6,8,10-11,15-17,26H,7,9,12-13H2,1-5H3/t15?,16-,17-/m0/s1. The molecule has 0 aliphatic carbocycles. The molecule has 3 atom stereocenters.